The van der Waals surface area contributed by atoms with Crippen LogP contribution in [0.4, 0.5) is 0 Å². The van der Waals surface area contributed by atoms with E-state index in [1.807, 2.05) is 48.5 Å². The lowest BCUT2D eigenvalue weighted by atomic mass is 9.81. The number of aldehydes is 1. The number of rotatable bonds is 8. The van der Waals surface area contributed by atoms with Crippen molar-refractivity contribution in [2.75, 3.05) is 0 Å². The smallest absolute Gasteiger partial charge is 0.131 e. The van der Waals surface area contributed by atoms with Gasteiger partial charge >= 0.3 is 0 Å². The fraction of sp³-hybridized carbons (Fsp3) is 0.348. The van der Waals surface area contributed by atoms with Crippen molar-refractivity contribution in [3.8, 4) is 5.75 Å². The summed E-state index contributed by atoms with van der Waals surface area (Å²) >= 11 is 0. The minimum atomic E-state index is 0.000573. The molecule has 0 radical (unpaired) electrons. The first-order chi connectivity index (χ1) is 12.3. The maximum Gasteiger partial charge on any atom is 0.131 e. The van der Waals surface area contributed by atoms with E-state index in [4.69, 9.17) is 4.74 Å². The number of hydrogen-bond acceptors (Lipinski definition) is 2. The van der Waals surface area contributed by atoms with Crippen molar-refractivity contribution in [3.05, 3.63) is 71.8 Å². The quantitative estimate of drug-likeness (QED) is 0.438. The minimum Gasteiger partial charge on any atom is -0.457 e. The van der Waals surface area contributed by atoms with Gasteiger partial charge in [0.2, 0.25) is 0 Å². The predicted molar refractivity (Wildman–Crippen MR) is 103 cm³/mol. The molecule has 3 rings (SSSR count). The highest BCUT2D eigenvalue weighted by Crippen LogP contribution is 2.41. The van der Waals surface area contributed by atoms with Crippen LogP contribution in [0.5, 0.6) is 5.75 Å². The monoisotopic (exact) mass is 334 g/mol. The van der Waals surface area contributed by atoms with E-state index in [2.05, 4.69) is 19.1 Å². The Labute approximate surface area is 150 Å². The number of hydrogen-bond donors (Lipinski definition) is 0. The molecule has 0 saturated heterocycles. The highest BCUT2D eigenvalue weighted by molar-refractivity contribution is 5.69. The Bertz CT molecular complexity index is 718. The third-order valence-electron chi connectivity index (χ3n) is 4.91. The molecular formula is C23H26O2. The molecule has 0 bridgehead atoms. The maximum absolute atomic E-state index is 11.9. The Hall–Kier alpha value is -2.35. The summed E-state index contributed by atoms with van der Waals surface area (Å²) in [5.74, 6) is 1.80. The van der Waals surface area contributed by atoms with Gasteiger partial charge in [0.1, 0.15) is 17.8 Å². The molecule has 0 aromatic heterocycles. The van der Waals surface area contributed by atoms with E-state index in [-0.39, 0.29) is 11.8 Å². The van der Waals surface area contributed by atoms with Crippen molar-refractivity contribution in [1.82, 2.24) is 0 Å². The maximum atomic E-state index is 11.9. The third-order valence-corrected chi connectivity index (χ3v) is 4.91. The van der Waals surface area contributed by atoms with Crippen molar-refractivity contribution in [2.45, 2.75) is 44.9 Å². The Balaban J connectivity index is 1.88. The molecule has 1 heterocycles. The molecule has 1 aliphatic rings. The summed E-state index contributed by atoms with van der Waals surface area (Å²) in [7, 11) is 0. The first-order valence-corrected chi connectivity index (χ1v) is 9.32. The zero-order chi connectivity index (χ0) is 17.5. The summed E-state index contributed by atoms with van der Waals surface area (Å²) in [5, 5.41) is 0. The second-order valence-corrected chi connectivity index (χ2v) is 6.71. The lowest BCUT2D eigenvalue weighted by molar-refractivity contribution is -0.111. The van der Waals surface area contributed by atoms with Gasteiger partial charge < -0.3 is 9.53 Å². The van der Waals surface area contributed by atoms with Crippen LogP contribution in [-0.2, 0) is 4.79 Å². The molecular weight excluding hydrogens is 308 g/mol. The SMILES string of the molecule is CCCCCC[C@H](C=O)[C@H]1C=C(c2ccccc2)Oc2ccccc21. The fourth-order valence-corrected chi connectivity index (χ4v) is 3.51. The Morgan fingerprint density at radius 2 is 1.76 bits per heavy atom. The normalized spacial score (nSPS) is 17.2. The first kappa shape index (κ1) is 17.5. The fourth-order valence-electron chi connectivity index (χ4n) is 3.51. The molecule has 0 amide bonds. The molecule has 2 aromatic carbocycles. The number of benzene rings is 2. The molecule has 0 saturated carbocycles. The molecule has 25 heavy (non-hydrogen) atoms. The van der Waals surface area contributed by atoms with Gasteiger partial charge in [-0.25, -0.2) is 0 Å². The predicted octanol–water partition coefficient (Wildman–Crippen LogP) is 5.99. The molecule has 2 heteroatoms. The van der Waals surface area contributed by atoms with Gasteiger partial charge in [0.05, 0.1) is 0 Å². The van der Waals surface area contributed by atoms with E-state index in [0.717, 1.165) is 41.8 Å². The highest BCUT2D eigenvalue weighted by atomic mass is 16.5. The van der Waals surface area contributed by atoms with Gasteiger partial charge in [-0.2, -0.15) is 0 Å². The van der Waals surface area contributed by atoms with Crippen LogP contribution in [0.2, 0.25) is 0 Å². The van der Waals surface area contributed by atoms with Gasteiger partial charge in [-0.15, -0.1) is 0 Å². The zero-order valence-corrected chi connectivity index (χ0v) is 14.9. The van der Waals surface area contributed by atoms with Crippen LogP contribution >= 0.6 is 0 Å². The van der Waals surface area contributed by atoms with E-state index < -0.39 is 0 Å². The second-order valence-electron chi connectivity index (χ2n) is 6.71. The lowest BCUT2D eigenvalue weighted by Gasteiger charge is -2.28. The molecule has 0 spiro atoms. The largest absolute Gasteiger partial charge is 0.457 e. The van der Waals surface area contributed by atoms with Gasteiger partial charge in [-0.05, 0) is 18.6 Å². The summed E-state index contributed by atoms with van der Waals surface area (Å²) in [6, 6.07) is 18.2. The van der Waals surface area contributed by atoms with Gasteiger partial charge in [0.25, 0.3) is 0 Å². The summed E-state index contributed by atoms with van der Waals surface area (Å²) in [6.45, 7) is 2.21. The van der Waals surface area contributed by atoms with Gasteiger partial charge in [-0.3, -0.25) is 0 Å². The van der Waals surface area contributed by atoms with Crippen LogP contribution in [0.1, 0.15) is 56.1 Å². The molecule has 130 valence electrons. The standard InChI is InChI=1S/C23H26O2/c1-2-3-4-6-13-19(17-24)21-16-23(18-11-7-5-8-12-18)25-22-15-10-9-14-20(21)22/h5,7-12,14-17,19,21H,2-4,6,13H2,1H3/t19-,21-/m1/s1. The van der Waals surface area contributed by atoms with Crippen LogP contribution in [-0.4, -0.2) is 6.29 Å². The second kappa shape index (κ2) is 8.66. The number of carbonyl (C=O) groups excluding carboxylic acids is 1. The zero-order valence-electron chi connectivity index (χ0n) is 14.9. The van der Waals surface area contributed by atoms with Crippen LogP contribution in [0.15, 0.2) is 60.7 Å². The summed E-state index contributed by atoms with van der Waals surface area (Å²) in [6.07, 6.45) is 8.95. The Kier molecular flexibility index (Phi) is 6.05. The third kappa shape index (κ3) is 4.19. The first-order valence-electron chi connectivity index (χ1n) is 9.32. The van der Waals surface area contributed by atoms with Crippen LogP contribution in [0, 0.1) is 5.92 Å². The molecule has 2 atom stereocenters. The molecule has 0 fully saturated rings. The number of carbonyl (C=O) groups is 1. The van der Waals surface area contributed by atoms with Crippen molar-refractivity contribution in [1.29, 1.82) is 0 Å². The lowest BCUT2D eigenvalue weighted by Crippen LogP contribution is -2.18. The van der Waals surface area contributed by atoms with Gasteiger partial charge in [0.15, 0.2) is 0 Å². The van der Waals surface area contributed by atoms with Crippen molar-refractivity contribution in [2.24, 2.45) is 5.92 Å². The average molecular weight is 334 g/mol. The van der Waals surface area contributed by atoms with Crippen molar-refractivity contribution < 1.29 is 9.53 Å². The Morgan fingerprint density at radius 1 is 1.00 bits per heavy atom. The van der Waals surface area contributed by atoms with E-state index in [0.29, 0.717) is 0 Å². The molecule has 2 aromatic rings. The number of allylic oxidation sites excluding steroid dienone is 1. The molecule has 1 aliphatic heterocycles. The minimum absolute atomic E-state index is 0.000573. The number of unbranched alkanes of at least 4 members (excludes halogenated alkanes) is 3. The van der Waals surface area contributed by atoms with Crippen LogP contribution in [0.25, 0.3) is 5.76 Å². The van der Waals surface area contributed by atoms with Crippen LogP contribution < -0.4 is 4.74 Å². The van der Waals surface area contributed by atoms with E-state index >= 15 is 0 Å². The van der Waals surface area contributed by atoms with Gasteiger partial charge in [-0.1, -0.05) is 81.1 Å². The number of fused-ring (bicyclic) bond motifs is 1. The van der Waals surface area contributed by atoms with Crippen LogP contribution in [0.3, 0.4) is 0 Å². The van der Waals surface area contributed by atoms with E-state index in [1.54, 1.807) is 0 Å². The number of para-hydroxylation sites is 1. The summed E-state index contributed by atoms with van der Waals surface area (Å²) < 4.78 is 6.13. The number of ether oxygens (including phenoxy) is 1. The van der Waals surface area contributed by atoms with Gasteiger partial charge in [0, 0.05) is 23.0 Å². The average Bonchev–Trinajstić information content (AvgIpc) is 2.68. The van der Waals surface area contributed by atoms with E-state index in [1.165, 1.54) is 19.3 Å². The molecule has 0 unspecified atom stereocenters. The topological polar surface area (TPSA) is 26.3 Å². The Morgan fingerprint density at radius 3 is 2.52 bits per heavy atom. The van der Waals surface area contributed by atoms with Crippen molar-refractivity contribution >= 4 is 12.0 Å². The molecule has 2 nitrogen and oxygen atoms in total. The summed E-state index contributed by atoms with van der Waals surface area (Å²) in [5.41, 5.74) is 2.17. The van der Waals surface area contributed by atoms with Crippen molar-refractivity contribution in [3.63, 3.8) is 0 Å². The molecule has 0 N–H and O–H groups in total. The summed E-state index contributed by atoms with van der Waals surface area (Å²) in [4.78, 5) is 11.9. The molecule has 0 aliphatic carbocycles. The highest BCUT2D eigenvalue weighted by Gasteiger charge is 2.28. The van der Waals surface area contributed by atoms with E-state index in [9.17, 15) is 4.79 Å².